The van der Waals surface area contributed by atoms with Crippen molar-refractivity contribution < 1.29 is 9.53 Å². The van der Waals surface area contributed by atoms with Crippen LogP contribution >= 0.6 is 0 Å². The second-order valence-corrected chi connectivity index (χ2v) is 5.71. The number of hydrogen-bond acceptors (Lipinski definition) is 3. The largest absolute Gasteiger partial charge is 0.492 e. The molecular formula is C23H21NO2. The summed E-state index contributed by atoms with van der Waals surface area (Å²) in [6.07, 6.45) is 3.17. The maximum absolute atomic E-state index is 12.3. The van der Waals surface area contributed by atoms with Gasteiger partial charge in [0.1, 0.15) is 5.75 Å². The molecule has 3 rings (SSSR count). The van der Waals surface area contributed by atoms with Crippen LogP contribution in [0.3, 0.4) is 0 Å². The standard InChI is InChI=1S/C23H21NO2/c1-2-26-23-11-7-6-10-21(23)24-17-16-22(25)20-14-12-19(13-15-20)18-8-4-3-5-9-18/h3-17,24H,2H2,1H3/b17-16+. The van der Waals surface area contributed by atoms with Crippen molar-refractivity contribution >= 4 is 11.5 Å². The molecule has 0 saturated heterocycles. The third kappa shape index (κ3) is 4.39. The van der Waals surface area contributed by atoms with Crippen molar-refractivity contribution in [2.75, 3.05) is 11.9 Å². The fourth-order valence-electron chi connectivity index (χ4n) is 2.63. The summed E-state index contributed by atoms with van der Waals surface area (Å²) < 4.78 is 5.55. The van der Waals surface area contributed by atoms with E-state index < -0.39 is 0 Å². The molecule has 0 aliphatic heterocycles. The number of para-hydroxylation sites is 2. The molecule has 0 aliphatic carbocycles. The Morgan fingerprint density at radius 1 is 0.885 bits per heavy atom. The van der Waals surface area contributed by atoms with Crippen molar-refractivity contribution in [2.45, 2.75) is 6.92 Å². The van der Waals surface area contributed by atoms with Crippen LogP contribution < -0.4 is 10.1 Å². The normalized spacial score (nSPS) is 10.7. The topological polar surface area (TPSA) is 38.3 Å². The number of allylic oxidation sites excluding steroid dienone is 1. The second-order valence-electron chi connectivity index (χ2n) is 5.71. The maximum Gasteiger partial charge on any atom is 0.187 e. The minimum atomic E-state index is -0.0500. The molecule has 0 radical (unpaired) electrons. The molecule has 0 aromatic heterocycles. The first-order valence-electron chi connectivity index (χ1n) is 8.62. The number of rotatable bonds is 7. The van der Waals surface area contributed by atoms with Gasteiger partial charge in [0.25, 0.3) is 0 Å². The van der Waals surface area contributed by atoms with E-state index in [-0.39, 0.29) is 5.78 Å². The molecule has 0 saturated carbocycles. The number of benzene rings is 3. The molecular weight excluding hydrogens is 322 g/mol. The van der Waals surface area contributed by atoms with E-state index in [4.69, 9.17) is 4.74 Å². The molecule has 0 heterocycles. The summed E-state index contributed by atoms with van der Waals surface area (Å²) in [6.45, 7) is 2.53. The lowest BCUT2D eigenvalue weighted by atomic mass is 10.0. The maximum atomic E-state index is 12.3. The summed E-state index contributed by atoms with van der Waals surface area (Å²) >= 11 is 0. The molecule has 3 nitrogen and oxygen atoms in total. The van der Waals surface area contributed by atoms with E-state index in [1.54, 1.807) is 6.20 Å². The van der Waals surface area contributed by atoms with Crippen molar-refractivity contribution in [3.8, 4) is 16.9 Å². The van der Waals surface area contributed by atoms with E-state index >= 15 is 0 Å². The molecule has 0 aliphatic rings. The minimum absolute atomic E-state index is 0.0500. The number of carbonyl (C=O) groups is 1. The molecule has 1 N–H and O–H groups in total. The van der Waals surface area contributed by atoms with Crippen LogP contribution in [0.25, 0.3) is 11.1 Å². The Bertz CT molecular complexity index is 884. The van der Waals surface area contributed by atoms with Crippen LogP contribution in [0.4, 0.5) is 5.69 Å². The highest BCUT2D eigenvalue weighted by molar-refractivity contribution is 6.04. The minimum Gasteiger partial charge on any atom is -0.492 e. The molecule has 0 spiro atoms. The van der Waals surface area contributed by atoms with Crippen LogP contribution in [0.5, 0.6) is 5.75 Å². The van der Waals surface area contributed by atoms with Gasteiger partial charge in [-0.05, 0) is 30.2 Å². The Morgan fingerprint density at radius 2 is 1.54 bits per heavy atom. The predicted molar refractivity (Wildman–Crippen MR) is 107 cm³/mol. The Balaban J connectivity index is 1.66. The van der Waals surface area contributed by atoms with Crippen LogP contribution in [0.1, 0.15) is 17.3 Å². The van der Waals surface area contributed by atoms with Gasteiger partial charge in [-0.2, -0.15) is 0 Å². The number of hydrogen-bond donors (Lipinski definition) is 1. The summed E-state index contributed by atoms with van der Waals surface area (Å²) in [4.78, 5) is 12.3. The molecule has 0 fully saturated rings. The summed E-state index contributed by atoms with van der Waals surface area (Å²) in [5.74, 6) is 0.713. The van der Waals surface area contributed by atoms with Gasteiger partial charge in [-0.25, -0.2) is 0 Å². The lowest BCUT2D eigenvalue weighted by Gasteiger charge is -2.09. The van der Waals surface area contributed by atoms with Crippen molar-refractivity contribution in [3.63, 3.8) is 0 Å². The van der Waals surface area contributed by atoms with E-state index in [9.17, 15) is 4.79 Å². The summed E-state index contributed by atoms with van der Waals surface area (Å²) in [5.41, 5.74) is 3.71. The van der Waals surface area contributed by atoms with Gasteiger partial charge in [0, 0.05) is 17.8 Å². The van der Waals surface area contributed by atoms with Gasteiger partial charge in [0.2, 0.25) is 0 Å². The average Bonchev–Trinajstić information content (AvgIpc) is 2.70. The highest BCUT2D eigenvalue weighted by atomic mass is 16.5. The average molecular weight is 343 g/mol. The molecule has 0 unspecified atom stereocenters. The third-order valence-electron chi connectivity index (χ3n) is 3.94. The molecule has 3 aromatic rings. The number of nitrogens with one attached hydrogen (secondary N) is 1. The van der Waals surface area contributed by atoms with E-state index in [1.165, 1.54) is 6.08 Å². The van der Waals surface area contributed by atoms with Crippen LogP contribution in [0.15, 0.2) is 91.1 Å². The lowest BCUT2D eigenvalue weighted by Crippen LogP contribution is -1.99. The summed E-state index contributed by atoms with van der Waals surface area (Å²) in [7, 11) is 0. The van der Waals surface area contributed by atoms with Gasteiger partial charge in [0.05, 0.1) is 12.3 Å². The van der Waals surface area contributed by atoms with Crippen molar-refractivity contribution in [1.29, 1.82) is 0 Å². The molecule has 0 bridgehead atoms. The highest BCUT2D eigenvalue weighted by Gasteiger charge is 2.04. The zero-order valence-corrected chi connectivity index (χ0v) is 14.7. The van der Waals surface area contributed by atoms with E-state index in [0.717, 1.165) is 22.6 Å². The fraction of sp³-hybridized carbons (Fsp3) is 0.0870. The van der Waals surface area contributed by atoms with E-state index in [2.05, 4.69) is 17.4 Å². The van der Waals surface area contributed by atoms with Crippen LogP contribution in [0.2, 0.25) is 0 Å². The first-order chi connectivity index (χ1) is 12.8. The molecule has 26 heavy (non-hydrogen) atoms. The van der Waals surface area contributed by atoms with Crippen molar-refractivity contribution in [1.82, 2.24) is 0 Å². The number of ether oxygens (including phenoxy) is 1. The Labute approximate surface area is 154 Å². The molecule has 0 atom stereocenters. The lowest BCUT2D eigenvalue weighted by molar-refractivity contribution is 0.104. The summed E-state index contributed by atoms with van der Waals surface area (Å²) in [5, 5.41) is 3.11. The van der Waals surface area contributed by atoms with Gasteiger partial charge in [-0.15, -0.1) is 0 Å². The van der Waals surface area contributed by atoms with Crippen LogP contribution in [-0.4, -0.2) is 12.4 Å². The van der Waals surface area contributed by atoms with Crippen molar-refractivity contribution in [3.05, 3.63) is 96.7 Å². The number of carbonyl (C=O) groups excluding carboxylic acids is 1. The van der Waals surface area contributed by atoms with Crippen LogP contribution in [-0.2, 0) is 0 Å². The van der Waals surface area contributed by atoms with Crippen molar-refractivity contribution in [2.24, 2.45) is 0 Å². The van der Waals surface area contributed by atoms with Gasteiger partial charge < -0.3 is 10.1 Å². The predicted octanol–water partition coefficient (Wildman–Crippen LogP) is 5.56. The van der Waals surface area contributed by atoms with Gasteiger partial charge in [-0.1, -0.05) is 66.7 Å². The molecule has 3 heteroatoms. The quantitative estimate of drug-likeness (QED) is 0.451. The van der Waals surface area contributed by atoms with Gasteiger partial charge >= 0.3 is 0 Å². The van der Waals surface area contributed by atoms with Gasteiger partial charge in [-0.3, -0.25) is 4.79 Å². The first-order valence-corrected chi connectivity index (χ1v) is 8.62. The molecule has 130 valence electrons. The zero-order chi connectivity index (χ0) is 18.2. The number of ketones is 1. The monoisotopic (exact) mass is 343 g/mol. The highest BCUT2D eigenvalue weighted by Crippen LogP contribution is 2.23. The molecule has 0 amide bonds. The van der Waals surface area contributed by atoms with Gasteiger partial charge in [0.15, 0.2) is 5.78 Å². The first kappa shape index (κ1) is 17.5. The third-order valence-corrected chi connectivity index (χ3v) is 3.94. The molecule has 3 aromatic carbocycles. The Kier molecular flexibility index (Phi) is 5.84. The fourth-order valence-corrected chi connectivity index (χ4v) is 2.63. The van der Waals surface area contributed by atoms with E-state index in [0.29, 0.717) is 12.2 Å². The second kappa shape index (κ2) is 8.67. The van der Waals surface area contributed by atoms with Crippen LogP contribution in [0, 0.1) is 0 Å². The smallest absolute Gasteiger partial charge is 0.187 e. The Hall–Kier alpha value is -3.33. The van der Waals surface area contributed by atoms with E-state index in [1.807, 2.05) is 73.7 Å². The SMILES string of the molecule is CCOc1ccccc1N/C=C/C(=O)c1ccc(-c2ccccc2)cc1. The number of anilines is 1. The Morgan fingerprint density at radius 3 is 2.27 bits per heavy atom. The zero-order valence-electron chi connectivity index (χ0n) is 14.7. The summed E-state index contributed by atoms with van der Waals surface area (Å²) in [6, 6.07) is 25.4.